The van der Waals surface area contributed by atoms with Crippen LogP contribution in [-0.2, 0) is 39.3 Å². The molecule has 0 amide bonds. The van der Waals surface area contributed by atoms with E-state index in [1.807, 2.05) is 12.1 Å². The van der Waals surface area contributed by atoms with Crippen molar-refractivity contribution in [1.29, 1.82) is 0 Å². The molecular formula is C82H72N4OPt-2. The zero-order chi connectivity index (χ0) is 60.8. The van der Waals surface area contributed by atoms with Crippen LogP contribution in [-0.4, -0.2) is 8.29 Å². The molecule has 0 fully saturated rings. The quantitative estimate of drug-likeness (QED) is 0.141. The molecule has 9 heterocycles. The summed E-state index contributed by atoms with van der Waals surface area (Å²) in [5.74, 6) is 1.24. The van der Waals surface area contributed by atoms with Crippen molar-refractivity contribution in [2.75, 3.05) is 19.6 Å². The number of para-hydroxylation sites is 4. The third-order valence-corrected chi connectivity index (χ3v) is 20.8. The number of hydrogen-bond acceptors (Lipinski definition) is 5. The van der Waals surface area contributed by atoms with Gasteiger partial charge in [-0.2, -0.15) is 0 Å². The minimum atomic E-state index is -1.40. The van der Waals surface area contributed by atoms with Gasteiger partial charge in [-0.05, 0) is 0 Å². The Kier molecular flexibility index (Phi) is 12.9. The fourth-order valence-corrected chi connectivity index (χ4v) is 17.1. The van der Waals surface area contributed by atoms with Crippen LogP contribution >= 0.6 is 0 Å². The van der Waals surface area contributed by atoms with E-state index in [4.69, 9.17) is 4.74 Å². The van der Waals surface area contributed by atoms with E-state index < -0.39 is 17.6 Å². The summed E-state index contributed by atoms with van der Waals surface area (Å²) in [7, 11) is 0. The van der Waals surface area contributed by atoms with Gasteiger partial charge in [0.05, 0.1) is 0 Å². The summed E-state index contributed by atoms with van der Waals surface area (Å²) in [6, 6.07) is 81.3. The summed E-state index contributed by atoms with van der Waals surface area (Å²) in [4.78, 5) is 10.5. The first-order valence-electron chi connectivity index (χ1n) is 30.8. The molecule has 6 heteroatoms. The molecule has 0 aromatic heterocycles. The molecule has 0 unspecified atom stereocenters. The Labute approximate surface area is 528 Å². The van der Waals surface area contributed by atoms with Crippen LogP contribution < -0.4 is 24.3 Å². The van der Waals surface area contributed by atoms with Crippen LogP contribution in [0.25, 0.3) is 68.8 Å². The average molecular weight is 1320 g/mol. The second kappa shape index (κ2) is 20.3. The Morgan fingerprint density at radius 2 is 0.580 bits per heavy atom. The van der Waals surface area contributed by atoms with E-state index in [0.717, 1.165) is 98.3 Å². The van der Waals surface area contributed by atoms with E-state index in [-0.39, 0.29) is 21.7 Å². The van der Waals surface area contributed by atoms with Gasteiger partial charge in [-0.25, -0.2) is 0 Å². The normalized spacial score (nSPS) is 14.7. The minimum absolute atomic E-state index is 0.295. The molecule has 10 aromatic carbocycles. The Balaban J connectivity index is 1.26. The molecule has 0 saturated carbocycles. The van der Waals surface area contributed by atoms with Gasteiger partial charge in [0.25, 0.3) is 0 Å². The van der Waals surface area contributed by atoms with E-state index >= 15 is 0 Å². The molecule has 88 heavy (non-hydrogen) atoms. The number of nitrogens with zero attached hydrogens (tertiary/aromatic N) is 4. The Morgan fingerprint density at radius 1 is 0.307 bits per heavy atom. The van der Waals surface area contributed by atoms with Crippen LogP contribution in [0.1, 0.15) is 128 Å². The maximum atomic E-state index is 6.99. The van der Waals surface area contributed by atoms with Crippen molar-refractivity contribution in [2.24, 2.45) is 0 Å². The molecule has 16 bridgehead atoms. The van der Waals surface area contributed by atoms with Crippen LogP contribution in [0.4, 0.5) is 45.5 Å². The fourth-order valence-electron chi connectivity index (χ4n) is 13.4. The van der Waals surface area contributed by atoms with Crippen LogP contribution in [0.3, 0.4) is 0 Å². The predicted molar refractivity (Wildman–Crippen MR) is 369 cm³/mol. The molecule has 0 spiro atoms. The van der Waals surface area contributed by atoms with E-state index in [1.165, 1.54) is 44.5 Å². The number of hydrogen-bond donors (Lipinski definition) is 0. The van der Waals surface area contributed by atoms with Crippen molar-refractivity contribution in [3.8, 4) is 56.0 Å². The molecule has 9 aliphatic rings. The zero-order valence-electron chi connectivity index (χ0n) is 52.3. The summed E-state index contributed by atoms with van der Waals surface area (Å²) in [6.07, 6.45) is 9.09. The molecule has 0 saturated heterocycles. The van der Waals surface area contributed by atoms with Crippen molar-refractivity contribution >= 4 is 78.1 Å². The number of ether oxygens (including phenoxy) is 1. The van der Waals surface area contributed by atoms with Gasteiger partial charge in [-0.15, -0.1) is 0 Å². The van der Waals surface area contributed by atoms with Gasteiger partial charge in [0.2, 0.25) is 0 Å². The standard InChI is InChI=1S/C82H72N4O.Pt/c1-79(2,3)65-49-66(80(4,5)6)74-58-41-33-54(34-42-58)29-30-56-37-45-60(46-38-56)76-68(82(10,11)12)50-67(81(7,8)9)75-59-43-35-55(36-44-59)28-27-53-31-39-57(40-32-53)73(65)77(74)85-51-83(69-23-13-15-25-71(69)85)61-19-17-21-63(47-61)87-64-22-18-20-62(48-64)84-52-86(78(75)76)72-26-16-14-24-70(72)84;/h13-46,49-50H,1-12H3;/q-2;. The van der Waals surface area contributed by atoms with Gasteiger partial charge in [0.15, 0.2) is 0 Å². The summed E-state index contributed by atoms with van der Waals surface area (Å²) < 4.78 is 9.30. The summed E-state index contributed by atoms with van der Waals surface area (Å²) in [6.45, 7) is 28.7. The Hall–Kier alpha value is -8.89. The van der Waals surface area contributed by atoms with E-state index in [2.05, 4.69) is 321 Å². The third-order valence-electron chi connectivity index (χ3n) is 17.8. The molecular weight excluding hydrogens is 1250 g/mol. The summed E-state index contributed by atoms with van der Waals surface area (Å²) in [5.41, 5.74) is 26.5. The molecule has 0 aliphatic carbocycles. The summed E-state index contributed by atoms with van der Waals surface area (Å²) >= 11 is -1.40. The first-order valence-corrected chi connectivity index (χ1v) is 33.1. The van der Waals surface area contributed by atoms with Crippen molar-refractivity contribution < 1.29 is 22.4 Å². The molecule has 0 N–H and O–H groups in total. The van der Waals surface area contributed by atoms with Gasteiger partial charge >= 0.3 is 532 Å². The zero-order valence-corrected chi connectivity index (χ0v) is 54.6. The van der Waals surface area contributed by atoms with Crippen LogP contribution in [0.15, 0.2) is 194 Å². The number of fused-ring (bicyclic) bond motifs is 14. The first kappa shape index (κ1) is 55.7. The second-order valence-corrected chi connectivity index (χ2v) is 30.7. The molecule has 5 nitrogen and oxygen atoms in total. The van der Waals surface area contributed by atoms with Gasteiger partial charge in [0.1, 0.15) is 0 Å². The van der Waals surface area contributed by atoms with Gasteiger partial charge in [-0.1, -0.05) is 0 Å². The molecule has 9 aliphatic heterocycles. The Morgan fingerprint density at radius 3 is 0.852 bits per heavy atom. The first-order chi connectivity index (χ1) is 42.2. The van der Waals surface area contributed by atoms with Crippen LogP contribution in [0.2, 0.25) is 0 Å². The van der Waals surface area contributed by atoms with Crippen molar-refractivity contribution in [1.82, 2.24) is 0 Å². The van der Waals surface area contributed by atoms with Gasteiger partial charge in [0, 0.05) is 0 Å². The molecule has 0 atom stereocenters. The molecule has 438 valence electrons. The number of rotatable bonds is 0. The van der Waals surface area contributed by atoms with Crippen molar-refractivity contribution in [3.05, 3.63) is 251 Å². The van der Waals surface area contributed by atoms with Crippen molar-refractivity contribution in [2.45, 2.75) is 105 Å². The summed E-state index contributed by atoms with van der Waals surface area (Å²) in [5, 5.41) is 0. The van der Waals surface area contributed by atoms with Gasteiger partial charge in [-0.3, -0.25) is 0 Å². The number of anilines is 8. The predicted octanol–water partition coefficient (Wildman–Crippen LogP) is 21.8. The number of benzene rings is 10. The fraction of sp³-hybridized carbons (Fsp3) is 0.195. The van der Waals surface area contributed by atoms with E-state index in [9.17, 15) is 0 Å². The molecule has 0 radical (unpaired) electrons. The van der Waals surface area contributed by atoms with Crippen molar-refractivity contribution in [3.63, 3.8) is 0 Å². The SMILES string of the molecule is CC(C)(C)c1cc(C(C)(C)C)c2c3c1-c1ccc(cc1)C=Cc1ccc(cc1)-c1c(C(C)(C)C)cc(C(C)(C)C)c(c1N1[C]4=[Pt]=[C]5N(c6[c-]c(ccc6)Oc6[c-]c(ccc6)N4c4ccccc41)c1ccccc1N53)-c1ccc(cc1)C=Cc1ccc-2cc1. The van der Waals surface area contributed by atoms with E-state index in [1.54, 1.807) is 0 Å². The molecule has 19 rings (SSSR count). The van der Waals surface area contributed by atoms with Gasteiger partial charge < -0.3 is 0 Å². The maximum absolute atomic E-state index is 6.99. The third kappa shape index (κ3) is 9.30. The van der Waals surface area contributed by atoms with Crippen LogP contribution in [0, 0.1) is 12.1 Å². The topological polar surface area (TPSA) is 22.2 Å². The van der Waals surface area contributed by atoms with E-state index in [0.29, 0.717) is 11.5 Å². The Bertz CT molecular complexity index is 4180. The average Bonchev–Trinajstić information content (AvgIpc) is 1.37. The molecule has 10 aromatic rings. The second-order valence-electron chi connectivity index (χ2n) is 28.1. The van der Waals surface area contributed by atoms with Crippen LogP contribution in [0.5, 0.6) is 11.5 Å². The monoisotopic (exact) mass is 1320 g/mol.